The number of nitrogens with one attached hydrogen (secondary N) is 1. The van der Waals surface area contributed by atoms with E-state index in [1.165, 1.54) is 11.1 Å². The van der Waals surface area contributed by atoms with Gasteiger partial charge in [-0.05, 0) is 50.6 Å². The van der Waals surface area contributed by atoms with Gasteiger partial charge in [0.2, 0.25) is 0 Å². The third-order valence-electron chi connectivity index (χ3n) is 4.64. The number of carbonyl (C=O) groups is 1. The van der Waals surface area contributed by atoms with Crippen LogP contribution in [0.3, 0.4) is 0 Å². The van der Waals surface area contributed by atoms with E-state index in [0.717, 1.165) is 17.9 Å². The Morgan fingerprint density at radius 3 is 2.37 bits per heavy atom. The molecule has 0 aliphatic rings. The second-order valence-corrected chi connectivity index (χ2v) is 7.13. The van der Waals surface area contributed by atoms with E-state index in [0.29, 0.717) is 6.54 Å². The Balaban J connectivity index is 1.72. The molecule has 0 spiro atoms. The number of anilines is 1. The van der Waals surface area contributed by atoms with Crippen LogP contribution in [0, 0.1) is 6.92 Å². The zero-order valence-corrected chi connectivity index (χ0v) is 16.2. The summed E-state index contributed by atoms with van der Waals surface area (Å²) in [6.45, 7) is 7.48. The molecule has 0 aliphatic heterocycles. The van der Waals surface area contributed by atoms with E-state index >= 15 is 0 Å². The van der Waals surface area contributed by atoms with Gasteiger partial charge >= 0.3 is 6.03 Å². The number of aryl methyl sites for hydroxylation is 1. The lowest BCUT2D eigenvalue weighted by atomic mass is 10.2. The summed E-state index contributed by atoms with van der Waals surface area (Å²) in [4.78, 5) is 14.7. The summed E-state index contributed by atoms with van der Waals surface area (Å²) in [5, 5.41) is 3.01. The smallest absolute Gasteiger partial charge is 0.322 e. The predicted octanol–water partition coefficient (Wildman–Crippen LogP) is 5.29. The van der Waals surface area contributed by atoms with Crippen molar-refractivity contribution in [2.24, 2.45) is 0 Å². The van der Waals surface area contributed by atoms with Crippen molar-refractivity contribution in [2.45, 2.75) is 39.9 Å². The molecule has 0 atom stereocenters. The van der Waals surface area contributed by atoms with E-state index in [9.17, 15) is 4.79 Å². The van der Waals surface area contributed by atoms with Gasteiger partial charge in [0.1, 0.15) is 0 Å². The molecule has 0 bridgehead atoms. The van der Waals surface area contributed by atoms with Gasteiger partial charge in [-0.3, -0.25) is 0 Å². The Kier molecular flexibility index (Phi) is 5.97. The molecule has 1 aromatic heterocycles. The van der Waals surface area contributed by atoms with E-state index in [4.69, 9.17) is 0 Å². The Hall–Kier alpha value is -3.01. The van der Waals surface area contributed by atoms with Gasteiger partial charge in [-0.1, -0.05) is 48.0 Å². The minimum absolute atomic E-state index is 0.0821. The molecule has 1 N–H and O–H groups in total. The standard InChI is InChI=1S/C23H27N3O/c1-18(2)26(23(27)24-21-13-11-19(3)12-14-21)17-22-10-7-15-25(22)16-20-8-5-4-6-9-20/h4-15,18H,16-17H2,1-3H3,(H,24,27). The van der Waals surface area contributed by atoms with Crippen molar-refractivity contribution in [3.05, 3.63) is 89.7 Å². The summed E-state index contributed by atoms with van der Waals surface area (Å²) in [5.41, 5.74) is 4.35. The zero-order valence-electron chi connectivity index (χ0n) is 16.2. The highest BCUT2D eigenvalue weighted by Gasteiger charge is 2.19. The molecule has 0 saturated heterocycles. The molecule has 0 fully saturated rings. The van der Waals surface area contributed by atoms with E-state index in [-0.39, 0.29) is 12.1 Å². The average Bonchev–Trinajstić information content (AvgIpc) is 3.09. The van der Waals surface area contributed by atoms with Crippen LogP contribution in [0.25, 0.3) is 0 Å². The summed E-state index contributed by atoms with van der Waals surface area (Å²) >= 11 is 0. The molecule has 2 aromatic carbocycles. The number of benzene rings is 2. The minimum atomic E-state index is -0.0821. The second-order valence-electron chi connectivity index (χ2n) is 7.13. The van der Waals surface area contributed by atoms with Crippen molar-refractivity contribution in [2.75, 3.05) is 5.32 Å². The third kappa shape index (κ3) is 5.00. The first kappa shape index (κ1) is 18.8. The number of amides is 2. The summed E-state index contributed by atoms with van der Waals surface area (Å²) in [7, 11) is 0. The second kappa shape index (κ2) is 8.58. The van der Waals surface area contributed by atoms with E-state index in [1.54, 1.807) is 0 Å². The van der Waals surface area contributed by atoms with E-state index < -0.39 is 0 Å². The highest BCUT2D eigenvalue weighted by molar-refractivity contribution is 5.89. The fourth-order valence-electron chi connectivity index (χ4n) is 3.02. The van der Waals surface area contributed by atoms with Crippen LogP contribution in [-0.4, -0.2) is 21.5 Å². The van der Waals surface area contributed by atoms with Gasteiger partial charge in [-0.15, -0.1) is 0 Å². The molecule has 3 rings (SSSR count). The van der Waals surface area contributed by atoms with Crippen molar-refractivity contribution in [3.8, 4) is 0 Å². The van der Waals surface area contributed by atoms with Gasteiger partial charge in [0.05, 0.1) is 6.54 Å². The van der Waals surface area contributed by atoms with Crippen LogP contribution >= 0.6 is 0 Å². The maximum absolute atomic E-state index is 12.8. The molecule has 0 radical (unpaired) electrons. The summed E-state index contributed by atoms with van der Waals surface area (Å²) in [5.74, 6) is 0. The molecule has 4 heteroatoms. The molecule has 0 unspecified atom stereocenters. The fraction of sp³-hybridized carbons (Fsp3) is 0.261. The summed E-state index contributed by atoms with van der Waals surface area (Å²) in [6, 6.07) is 22.4. The first-order valence-electron chi connectivity index (χ1n) is 9.35. The van der Waals surface area contributed by atoms with E-state index in [1.807, 2.05) is 74.2 Å². The fourth-order valence-corrected chi connectivity index (χ4v) is 3.02. The molecular weight excluding hydrogens is 334 g/mol. The minimum Gasteiger partial charge on any atom is -0.345 e. The number of urea groups is 1. The van der Waals surface area contributed by atoms with Crippen molar-refractivity contribution in [1.82, 2.24) is 9.47 Å². The van der Waals surface area contributed by atoms with Crippen LogP contribution in [0.5, 0.6) is 0 Å². The SMILES string of the molecule is Cc1ccc(NC(=O)N(Cc2cccn2Cc2ccccc2)C(C)C)cc1. The Labute approximate surface area is 161 Å². The van der Waals surface area contributed by atoms with Crippen LogP contribution in [0.15, 0.2) is 72.9 Å². The number of hydrogen-bond acceptors (Lipinski definition) is 1. The van der Waals surface area contributed by atoms with Gasteiger partial charge in [0.15, 0.2) is 0 Å². The van der Waals surface area contributed by atoms with Crippen LogP contribution < -0.4 is 5.32 Å². The quantitative estimate of drug-likeness (QED) is 0.636. The Morgan fingerprint density at radius 2 is 1.70 bits per heavy atom. The Morgan fingerprint density at radius 1 is 1.00 bits per heavy atom. The van der Waals surface area contributed by atoms with Crippen LogP contribution in [0.1, 0.15) is 30.7 Å². The summed E-state index contributed by atoms with van der Waals surface area (Å²) < 4.78 is 2.20. The topological polar surface area (TPSA) is 37.3 Å². The highest BCUT2D eigenvalue weighted by Crippen LogP contribution is 2.15. The van der Waals surface area contributed by atoms with Crippen LogP contribution in [0.2, 0.25) is 0 Å². The van der Waals surface area contributed by atoms with Crippen molar-refractivity contribution in [3.63, 3.8) is 0 Å². The van der Waals surface area contributed by atoms with Gasteiger partial charge in [-0.2, -0.15) is 0 Å². The van der Waals surface area contributed by atoms with Gasteiger partial charge in [-0.25, -0.2) is 4.79 Å². The molecule has 140 valence electrons. The van der Waals surface area contributed by atoms with Gasteiger partial charge < -0.3 is 14.8 Å². The van der Waals surface area contributed by atoms with Crippen LogP contribution in [-0.2, 0) is 13.1 Å². The van der Waals surface area contributed by atoms with Crippen molar-refractivity contribution in [1.29, 1.82) is 0 Å². The normalized spacial score (nSPS) is 10.8. The number of aromatic nitrogens is 1. The Bertz CT molecular complexity index is 866. The molecule has 2 amide bonds. The number of carbonyl (C=O) groups excluding carboxylic acids is 1. The molecule has 4 nitrogen and oxygen atoms in total. The monoisotopic (exact) mass is 361 g/mol. The first-order valence-corrected chi connectivity index (χ1v) is 9.35. The van der Waals surface area contributed by atoms with Gasteiger partial charge in [0.25, 0.3) is 0 Å². The van der Waals surface area contributed by atoms with Crippen molar-refractivity contribution >= 4 is 11.7 Å². The lowest BCUT2D eigenvalue weighted by molar-refractivity contribution is 0.192. The lowest BCUT2D eigenvalue weighted by Crippen LogP contribution is -2.40. The number of rotatable bonds is 6. The first-order chi connectivity index (χ1) is 13.0. The summed E-state index contributed by atoms with van der Waals surface area (Å²) in [6.07, 6.45) is 2.07. The molecule has 3 aromatic rings. The van der Waals surface area contributed by atoms with Crippen molar-refractivity contribution < 1.29 is 4.79 Å². The number of nitrogens with zero attached hydrogens (tertiary/aromatic N) is 2. The predicted molar refractivity (Wildman–Crippen MR) is 111 cm³/mol. The lowest BCUT2D eigenvalue weighted by Gasteiger charge is -2.27. The maximum atomic E-state index is 12.8. The van der Waals surface area contributed by atoms with Crippen LogP contribution in [0.4, 0.5) is 10.5 Å². The largest absolute Gasteiger partial charge is 0.345 e. The molecule has 27 heavy (non-hydrogen) atoms. The molecule has 1 heterocycles. The van der Waals surface area contributed by atoms with E-state index in [2.05, 4.69) is 34.3 Å². The molecule has 0 aliphatic carbocycles. The zero-order chi connectivity index (χ0) is 19.2. The molecule has 0 saturated carbocycles. The average molecular weight is 361 g/mol. The number of hydrogen-bond donors (Lipinski definition) is 1. The highest BCUT2D eigenvalue weighted by atomic mass is 16.2. The molecular formula is C23H27N3O. The van der Waals surface area contributed by atoms with Gasteiger partial charge in [0, 0.05) is 30.2 Å². The maximum Gasteiger partial charge on any atom is 0.322 e. The third-order valence-corrected chi connectivity index (χ3v) is 4.64.